The van der Waals surface area contributed by atoms with E-state index in [9.17, 15) is 4.39 Å². The molecule has 0 spiro atoms. The lowest BCUT2D eigenvalue weighted by atomic mass is 10.0. The molecular formula is C24H18BrFN4OS. The maximum Gasteiger partial charge on any atom is 0.170 e. The highest BCUT2D eigenvalue weighted by molar-refractivity contribution is 9.10. The predicted molar refractivity (Wildman–Crippen MR) is 127 cm³/mol. The van der Waals surface area contributed by atoms with Crippen molar-refractivity contribution < 1.29 is 8.81 Å². The molecule has 1 aliphatic rings. The van der Waals surface area contributed by atoms with E-state index in [1.807, 2.05) is 48.5 Å². The van der Waals surface area contributed by atoms with Crippen LogP contribution in [0.2, 0.25) is 0 Å². The van der Waals surface area contributed by atoms with Gasteiger partial charge in [-0.15, -0.1) is 0 Å². The van der Waals surface area contributed by atoms with Crippen LogP contribution in [0.5, 0.6) is 0 Å². The van der Waals surface area contributed by atoms with Crippen LogP contribution < -0.4 is 5.32 Å². The van der Waals surface area contributed by atoms with E-state index in [-0.39, 0.29) is 17.9 Å². The van der Waals surface area contributed by atoms with Gasteiger partial charge in [-0.1, -0.05) is 12.1 Å². The predicted octanol–water partition coefficient (Wildman–Crippen LogP) is 5.81. The van der Waals surface area contributed by atoms with Crippen LogP contribution in [0.15, 0.2) is 88.0 Å². The molecule has 4 aromatic rings. The molecule has 4 heterocycles. The highest BCUT2D eigenvalue weighted by Gasteiger charge is 2.41. The summed E-state index contributed by atoms with van der Waals surface area (Å²) in [5.41, 5.74) is 2.54. The van der Waals surface area contributed by atoms with Gasteiger partial charge >= 0.3 is 0 Å². The monoisotopic (exact) mass is 508 g/mol. The number of thiocarbonyl (C=S) groups is 1. The smallest absolute Gasteiger partial charge is 0.170 e. The molecule has 32 heavy (non-hydrogen) atoms. The number of hydrogen-bond donors (Lipinski definition) is 1. The second-order valence-electron chi connectivity index (χ2n) is 7.40. The molecule has 0 unspecified atom stereocenters. The molecule has 0 amide bonds. The number of nitrogens with zero attached hydrogens (tertiary/aromatic N) is 3. The second-order valence-corrected chi connectivity index (χ2v) is 8.64. The average molecular weight is 509 g/mol. The van der Waals surface area contributed by atoms with Gasteiger partial charge in [0.2, 0.25) is 0 Å². The van der Waals surface area contributed by atoms with Crippen LogP contribution in [-0.4, -0.2) is 20.0 Å². The van der Waals surface area contributed by atoms with Crippen molar-refractivity contribution in [2.24, 2.45) is 0 Å². The van der Waals surface area contributed by atoms with E-state index >= 15 is 0 Å². The zero-order valence-corrected chi connectivity index (χ0v) is 19.2. The maximum absolute atomic E-state index is 13.6. The number of hydrogen-bond acceptors (Lipinski definition) is 4. The minimum atomic E-state index is -0.311. The van der Waals surface area contributed by atoms with Gasteiger partial charge < -0.3 is 14.6 Å². The minimum absolute atomic E-state index is 0.192. The molecule has 0 aliphatic carbocycles. The van der Waals surface area contributed by atoms with E-state index in [1.165, 1.54) is 12.1 Å². The van der Waals surface area contributed by atoms with Crippen LogP contribution >= 0.6 is 28.1 Å². The third kappa shape index (κ3) is 4.03. The van der Waals surface area contributed by atoms with E-state index in [0.29, 0.717) is 21.9 Å². The summed E-state index contributed by atoms with van der Waals surface area (Å²) in [4.78, 5) is 11.1. The van der Waals surface area contributed by atoms with Crippen LogP contribution in [-0.2, 0) is 6.54 Å². The molecule has 1 fully saturated rings. The van der Waals surface area contributed by atoms with Crippen LogP contribution in [0.3, 0.4) is 0 Å². The van der Waals surface area contributed by atoms with Crippen LogP contribution in [0, 0.1) is 5.82 Å². The molecule has 5 nitrogen and oxygen atoms in total. The second kappa shape index (κ2) is 8.80. The van der Waals surface area contributed by atoms with Gasteiger partial charge in [0, 0.05) is 22.4 Å². The molecule has 3 aromatic heterocycles. The Morgan fingerprint density at radius 1 is 1.03 bits per heavy atom. The SMILES string of the molecule is Fc1ccc(-c2ccc([C@H]3[C@@H](c4ccccn4)NC(=S)N3Cc3ccccn3)o2)c(Br)c1. The Bertz CT molecular complexity index is 1250. The molecule has 0 saturated carbocycles. The van der Waals surface area contributed by atoms with Crippen molar-refractivity contribution in [1.29, 1.82) is 0 Å². The highest BCUT2D eigenvalue weighted by Crippen LogP contribution is 2.41. The van der Waals surface area contributed by atoms with Gasteiger partial charge in [0.05, 0.1) is 24.0 Å². The molecule has 0 radical (unpaired) electrons. The Hall–Kier alpha value is -3.10. The average Bonchev–Trinajstić information content (AvgIpc) is 3.40. The number of aromatic nitrogens is 2. The van der Waals surface area contributed by atoms with Crippen molar-refractivity contribution in [1.82, 2.24) is 20.2 Å². The molecular weight excluding hydrogens is 491 g/mol. The van der Waals surface area contributed by atoms with Gasteiger partial charge in [0.25, 0.3) is 0 Å². The van der Waals surface area contributed by atoms with Crippen molar-refractivity contribution >= 4 is 33.3 Å². The summed E-state index contributed by atoms with van der Waals surface area (Å²) in [7, 11) is 0. The van der Waals surface area contributed by atoms with Crippen LogP contribution in [0.25, 0.3) is 11.3 Å². The number of rotatable bonds is 5. The lowest BCUT2D eigenvalue weighted by Crippen LogP contribution is -2.29. The van der Waals surface area contributed by atoms with Crippen LogP contribution in [0.1, 0.15) is 29.2 Å². The Kier molecular flexibility index (Phi) is 5.71. The molecule has 0 bridgehead atoms. The van der Waals surface area contributed by atoms with E-state index in [2.05, 4.69) is 36.1 Å². The summed E-state index contributed by atoms with van der Waals surface area (Å²) < 4.78 is 20.5. The lowest BCUT2D eigenvalue weighted by molar-refractivity contribution is 0.267. The van der Waals surface area contributed by atoms with Gasteiger partial charge in [0.1, 0.15) is 23.4 Å². The van der Waals surface area contributed by atoms with Crippen LogP contribution in [0.4, 0.5) is 4.39 Å². The fraction of sp³-hybridized carbons (Fsp3) is 0.125. The zero-order valence-electron chi connectivity index (χ0n) is 16.8. The number of halogens is 2. The Morgan fingerprint density at radius 3 is 2.56 bits per heavy atom. The summed E-state index contributed by atoms with van der Waals surface area (Å²) in [5, 5.41) is 4.01. The van der Waals surface area contributed by atoms with E-state index in [4.69, 9.17) is 16.6 Å². The Labute approximate surface area is 198 Å². The fourth-order valence-corrected chi connectivity index (χ4v) is 4.75. The molecule has 5 rings (SSSR count). The standard InChI is InChI=1S/C24H18BrFN4OS/c25-18-13-15(26)7-8-17(18)20-9-10-21(31-20)23-22(19-6-2-4-12-28-19)29-24(32)30(23)14-16-5-1-3-11-27-16/h1-13,22-23H,14H2,(H,29,32)/t22-,23+/m1/s1. The largest absolute Gasteiger partial charge is 0.459 e. The Balaban J connectivity index is 1.55. The van der Waals surface area contributed by atoms with Crippen molar-refractivity contribution in [2.75, 3.05) is 0 Å². The molecule has 1 aliphatic heterocycles. The third-order valence-electron chi connectivity index (χ3n) is 5.37. The Morgan fingerprint density at radius 2 is 1.84 bits per heavy atom. The third-order valence-corrected chi connectivity index (χ3v) is 6.38. The van der Waals surface area contributed by atoms with E-state index < -0.39 is 0 Å². The fourth-order valence-electron chi connectivity index (χ4n) is 3.90. The molecule has 160 valence electrons. The van der Waals surface area contributed by atoms with Crippen molar-refractivity contribution in [3.63, 3.8) is 0 Å². The summed E-state index contributed by atoms with van der Waals surface area (Å²) in [6.45, 7) is 0.525. The quantitative estimate of drug-likeness (QED) is 0.343. The molecule has 8 heteroatoms. The minimum Gasteiger partial charge on any atom is -0.459 e. The van der Waals surface area contributed by atoms with Crippen molar-refractivity contribution in [3.05, 3.63) is 107 Å². The first-order chi connectivity index (χ1) is 15.6. The van der Waals surface area contributed by atoms with Gasteiger partial charge in [-0.05, 0) is 82.7 Å². The number of furan rings is 1. The van der Waals surface area contributed by atoms with Gasteiger partial charge in [0.15, 0.2) is 5.11 Å². The molecule has 1 saturated heterocycles. The summed E-state index contributed by atoms with van der Waals surface area (Å²) in [6.07, 6.45) is 3.53. The van der Waals surface area contributed by atoms with E-state index in [0.717, 1.165) is 22.7 Å². The number of pyridine rings is 2. The first-order valence-electron chi connectivity index (χ1n) is 10.0. The lowest BCUT2D eigenvalue weighted by Gasteiger charge is -2.25. The first-order valence-corrected chi connectivity index (χ1v) is 11.2. The molecule has 1 aromatic carbocycles. The van der Waals surface area contributed by atoms with Gasteiger partial charge in [-0.25, -0.2) is 4.39 Å². The summed E-state index contributed by atoms with van der Waals surface area (Å²) >= 11 is 9.13. The van der Waals surface area contributed by atoms with Gasteiger partial charge in [-0.2, -0.15) is 0 Å². The molecule has 1 N–H and O–H groups in total. The molecule has 2 atom stereocenters. The topological polar surface area (TPSA) is 54.2 Å². The van der Waals surface area contributed by atoms with Gasteiger partial charge in [-0.3, -0.25) is 9.97 Å². The summed E-state index contributed by atoms with van der Waals surface area (Å²) in [5.74, 6) is 1.06. The number of benzene rings is 1. The van der Waals surface area contributed by atoms with E-state index in [1.54, 1.807) is 18.5 Å². The van der Waals surface area contributed by atoms with Crippen molar-refractivity contribution in [3.8, 4) is 11.3 Å². The van der Waals surface area contributed by atoms with Crippen molar-refractivity contribution in [2.45, 2.75) is 18.6 Å². The first kappa shape index (κ1) is 20.8. The maximum atomic E-state index is 13.6. The number of nitrogens with one attached hydrogen (secondary N) is 1. The normalized spacial score (nSPS) is 18.1. The summed E-state index contributed by atoms with van der Waals surface area (Å²) in [6, 6.07) is 19.6. The zero-order chi connectivity index (χ0) is 22.1. The highest BCUT2D eigenvalue weighted by atomic mass is 79.9.